The van der Waals surface area contributed by atoms with Gasteiger partial charge in [0.05, 0.1) is 35.1 Å². The van der Waals surface area contributed by atoms with E-state index in [1.165, 1.54) is 17.4 Å². The van der Waals surface area contributed by atoms with Gasteiger partial charge in [-0.2, -0.15) is 0 Å². The van der Waals surface area contributed by atoms with Crippen LogP contribution >= 0.6 is 11.3 Å². The number of hydrogen-bond donors (Lipinski definition) is 1. The van der Waals surface area contributed by atoms with Crippen LogP contribution in [-0.4, -0.2) is 28.9 Å². The second-order valence-electron chi connectivity index (χ2n) is 8.53. The predicted molar refractivity (Wildman–Crippen MR) is 144 cm³/mol. The zero-order valence-corrected chi connectivity index (χ0v) is 21.5. The summed E-state index contributed by atoms with van der Waals surface area (Å²) in [5.74, 6) is -0.111. The quantitative estimate of drug-likeness (QED) is 0.392. The minimum atomic E-state index is -0.692. The number of aromatic hydroxyl groups is 1. The van der Waals surface area contributed by atoms with Crippen molar-refractivity contribution in [3.8, 4) is 11.5 Å². The van der Waals surface area contributed by atoms with E-state index in [2.05, 4.69) is 4.99 Å². The van der Waals surface area contributed by atoms with Crippen LogP contribution in [0.3, 0.4) is 0 Å². The highest BCUT2D eigenvalue weighted by molar-refractivity contribution is 7.07. The lowest BCUT2D eigenvalue weighted by molar-refractivity contribution is -0.139. The van der Waals surface area contributed by atoms with Crippen LogP contribution in [0.5, 0.6) is 11.5 Å². The molecule has 1 aliphatic heterocycles. The summed E-state index contributed by atoms with van der Waals surface area (Å²) < 4.78 is 12.9. The molecule has 0 unspecified atom stereocenters. The number of carbonyl (C=O) groups excluding carboxylic acids is 1. The topological polar surface area (TPSA) is 90.1 Å². The van der Waals surface area contributed by atoms with Gasteiger partial charge in [0.25, 0.3) is 5.56 Å². The first-order chi connectivity index (χ1) is 17.9. The summed E-state index contributed by atoms with van der Waals surface area (Å²) in [6.07, 6.45) is 1.75. The lowest BCUT2D eigenvalue weighted by atomic mass is 9.91. The van der Waals surface area contributed by atoms with Crippen molar-refractivity contribution < 1.29 is 19.4 Å². The molecule has 2 heterocycles. The zero-order valence-electron chi connectivity index (χ0n) is 20.7. The van der Waals surface area contributed by atoms with Crippen molar-refractivity contribution in [1.82, 2.24) is 4.57 Å². The van der Waals surface area contributed by atoms with E-state index in [-0.39, 0.29) is 17.9 Å². The van der Waals surface area contributed by atoms with E-state index in [1.807, 2.05) is 49.4 Å². The van der Waals surface area contributed by atoms with Crippen LogP contribution in [0, 0.1) is 0 Å². The van der Waals surface area contributed by atoms with Gasteiger partial charge in [-0.25, -0.2) is 9.79 Å². The summed E-state index contributed by atoms with van der Waals surface area (Å²) in [7, 11) is 0. The van der Waals surface area contributed by atoms with Gasteiger partial charge in [-0.05, 0) is 60.9 Å². The Morgan fingerprint density at radius 1 is 1.11 bits per heavy atom. The maximum absolute atomic E-state index is 13.9. The molecule has 0 amide bonds. The molecule has 37 heavy (non-hydrogen) atoms. The number of thiazole rings is 1. The lowest BCUT2D eigenvalue weighted by Gasteiger charge is -2.25. The molecule has 0 aliphatic carbocycles. The number of rotatable bonds is 6. The number of phenols is 1. The average Bonchev–Trinajstić information content (AvgIpc) is 3.19. The molecule has 0 radical (unpaired) electrons. The number of fused-ring (bicyclic) bond motifs is 2. The molecule has 0 bridgehead atoms. The number of ether oxygens (including phenoxy) is 2. The maximum Gasteiger partial charge on any atom is 0.338 e. The normalized spacial score (nSPS) is 15.4. The van der Waals surface area contributed by atoms with Gasteiger partial charge in [-0.15, -0.1) is 0 Å². The Bertz CT molecular complexity index is 1730. The number of hydrogen-bond acceptors (Lipinski definition) is 7. The third-order valence-corrected chi connectivity index (χ3v) is 7.20. The molecule has 3 aromatic carbocycles. The molecule has 1 aliphatic rings. The number of aromatic nitrogens is 1. The third kappa shape index (κ3) is 4.44. The van der Waals surface area contributed by atoms with Crippen molar-refractivity contribution in [2.24, 2.45) is 4.99 Å². The molecule has 0 spiro atoms. The Hall–Kier alpha value is -4.17. The van der Waals surface area contributed by atoms with Crippen molar-refractivity contribution in [2.45, 2.75) is 26.8 Å². The van der Waals surface area contributed by atoms with Crippen molar-refractivity contribution in [3.63, 3.8) is 0 Å². The highest BCUT2D eigenvalue weighted by atomic mass is 32.1. The third-order valence-electron chi connectivity index (χ3n) is 6.22. The van der Waals surface area contributed by atoms with E-state index < -0.39 is 12.0 Å². The number of nitrogens with zero attached hydrogens (tertiary/aromatic N) is 2. The fourth-order valence-electron chi connectivity index (χ4n) is 4.62. The Labute approximate surface area is 217 Å². The summed E-state index contributed by atoms with van der Waals surface area (Å²) in [4.78, 5) is 32.2. The van der Waals surface area contributed by atoms with E-state index in [9.17, 15) is 14.7 Å². The Kier molecular flexibility index (Phi) is 6.67. The minimum absolute atomic E-state index is 0.0334. The van der Waals surface area contributed by atoms with Crippen LogP contribution in [0.2, 0.25) is 0 Å². The number of carbonyl (C=O) groups is 1. The highest BCUT2D eigenvalue weighted by Gasteiger charge is 2.34. The van der Waals surface area contributed by atoms with Crippen molar-refractivity contribution >= 4 is 34.2 Å². The van der Waals surface area contributed by atoms with E-state index >= 15 is 0 Å². The van der Waals surface area contributed by atoms with Gasteiger partial charge in [0.1, 0.15) is 0 Å². The molecule has 5 rings (SSSR count). The smallest absolute Gasteiger partial charge is 0.338 e. The Balaban J connectivity index is 1.76. The van der Waals surface area contributed by atoms with Crippen LogP contribution in [0.4, 0.5) is 0 Å². The van der Waals surface area contributed by atoms with Gasteiger partial charge in [-0.1, -0.05) is 59.9 Å². The Morgan fingerprint density at radius 2 is 1.89 bits per heavy atom. The number of benzene rings is 3. The van der Waals surface area contributed by atoms with E-state index in [1.54, 1.807) is 36.6 Å². The van der Waals surface area contributed by atoms with E-state index in [4.69, 9.17) is 9.47 Å². The molecule has 0 saturated carbocycles. The van der Waals surface area contributed by atoms with Gasteiger partial charge in [0.15, 0.2) is 16.3 Å². The fourth-order valence-corrected chi connectivity index (χ4v) is 5.66. The number of allylic oxidation sites excluding steroid dienone is 1. The van der Waals surface area contributed by atoms with Crippen molar-refractivity contribution in [3.05, 3.63) is 103 Å². The van der Waals surface area contributed by atoms with Crippen molar-refractivity contribution in [1.29, 1.82) is 0 Å². The lowest BCUT2D eigenvalue weighted by Crippen LogP contribution is -2.40. The first-order valence-electron chi connectivity index (χ1n) is 12.1. The summed E-state index contributed by atoms with van der Waals surface area (Å²) in [5.41, 5.74) is 2.14. The average molecular weight is 515 g/mol. The van der Waals surface area contributed by atoms with Gasteiger partial charge in [0, 0.05) is 0 Å². The highest BCUT2D eigenvalue weighted by Crippen LogP contribution is 2.35. The fraction of sp³-hybridized carbons (Fsp3) is 0.207. The molecular formula is C29H26N2O5S. The van der Waals surface area contributed by atoms with Crippen LogP contribution in [-0.2, 0) is 9.53 Å². The Morgan fingerprint density at radius 3 is 2.68 bits per heavy atom. The first kappa shape index (κ1) is 24.5. The summed E-state index contributed by atoms with van der Waals surface area (Å²) >= 11 is 1.25. The second kappa shape index (κ2) is 10.1. The molecule has 4 aromatic rings. The van der Waals surface area contributed by atoms with Crippen LogP contribution in [0.1, 0.15) is 37.9 Å². The summed E-state index contributed by atoms with van der Waals surface area (Å²) in [6.45, 7) is 5.98. The van der Waals surface area contributed by atoms with Crippen LogP contribution < -0.4 is 19.6 Å². The van der Waals surface area contributed by atoms with Gasteiger partial charge in [0.2, 0.25) is 0 Å². The monoisotopic (exact) mass is 514 g/mol. The molecule has 1 aromatic heterocycles. The van der Waals surface area contributed by atoms with Gasteiger partial charge < -0.3 is 14.6 Å². The first-order valence-corrected chi connectivity index (χ1v) is 12.9. The largest absolute Gasteiger partial charge is 0.504 e. The molecular weight excluding hydrogens is 488 g/mol. The molecule has 7 nitrogen and oxygen atoms in total. The number of esters is 1. The molecule has 1 atom stereocenters. The zero-order chi connectivity index (χ0) is 26.1. The molecule has 1 N–H and O–H groups in total. The molecule has 0 fully saturated rings. The van der Waals surface area contributed by atoms with Gasteiger partial charge >= 0.3 is 5.97 Å². The predicted octanol–water partition coefficient (Wildman–Crippen LogP) is 4.06. The molecule has 0 saturated heterocycles. The second-order valence-corrected chi connectivity index (χ2v) is 9.54. The summed E-state index contributed by atoms with van der Waals surface area (Å²) in [6, 6.07) is 18.0. The van der Waals surface area contributed by atoms with E-state index in [0.29, 0.717) is 38.5 Å². The molecule has 188 valence electrons. The maximum atomic E-state index is 13.9. The minimum Gasteiger partial charge on any atom is -0.504 e. The molecule has 8 heteroatoms. The van der Waals surface area contributed by atoms with Crippen LogP contribution in [0.25, 0.3) is 16.8 Å². The standard InChI is InChI=1S/C29H26N2O5S/c1-4-35-23-15-18(13-14-22(23)32)16-24-27(33)31-26(21-12-8-10-19-9-6-7-11-20(19)21)25(28(34)36-5-2)17(3)30-29(31)37-24/h6-16,26,32H,4-5H2,1-3H3/b24-16-/t26-/m1/s1. The van der Waals surface area contributed by atoms with Crippen LogP contribution in [0.15, 0.2) is 81.7 Å². The summed E-state index contributed by atoms with van der Waals surface area (Å²) in [5, 5.41) is 12.0. The van der Waals surface area contributed by atoms with Gasteiger partial charge in [-0.3, -0.25) is 9.36 Å². The number of phenolic OH excluding ortho intramolecular Hbond substituents is 1. The SMILES string of the molecule is CCOC(=O)C1=C(C)N=c2s/c(=C\c3ccc(O)c(OCC)c3)c(=O)n2[C@@H]1c1cccc2ccccc12. The van der Waals surface area contributed by atoms with Crippen molar-refractivity contribution in [2.75, 3.05) is 13.2 Å². The van der Waals surface area contributed by atoms with E-state index in [0.717, 1.165) is 16.3 Å².